The minimum Gasteiger partial charge on any atom is -0.352 e. The maximum Gasteiger partial charge on any atom is 0.231 e. The predicted octanol–water partition coefficient (Wildman–Crippen LogP) is 3.58. The molecule has 0 aliphatic heterocycles. The van der Waals surface area contributed by atoms with Crippen molar-refractivity contribution < 1.29 is 9.32 Å². The Kier molecular flexibility index (Phi) is 4.39. The number of rotatable bonds is 5. The minimum absolute atomic E-state index is 0.0117. The number of carbonyl (C=O) groups is 1. The predicted molar refractivity (Wildman–Crippen MR) is 103 cm³/mol. The number of fused-ring (bicyclic) bond motifs is 2. The van der Waals surface area contributed by atoms with Gasteiger partial charge in [-0.3, -0.25) is 9.78 Å². The van der Waals surface area contributed by atoms with Crippen LogP contribution in [0, 0.1) is 17.8 Å². The molecule has 2 heterocycles. The molecule has 6 nitrogen and oxygen atoms in total. The summed E-state index contributed by atoms with van der Waals surface area (Å²) in [5.41, 5.74) is 1.93. The summed E-state index contributed by atoms with van der Waals surface area (Å²) < 4.78 is 5.65. The van der Waals surface area contributed by atoms with Crippen molar-refractivity contribution in [3.63, 3.8) is 0 Å². The molecule has 0 unspecified atom stereocenters. The molecule has 0 spiro atoms. The number of benzene rings is 1. The van der Waals surface area contributed by atoms with Crippen molar-refractivity contribution in [3.8, 4) is 11.4 Å². The zero-order chi connectivity index (χ0) is 18.9. The Morgan fingerprint density at radius 3 is 2.79 bits per heavy atom. The van der Waals surface area contributed by atoms with E-state index in [1.165, 1.54) is 0 Å². The van der Waals surface area contributed by atoms with Gasteiger partial charge >= 0.3 is 0 Å². The van der Waals surface area contributed by atoms with Gasteiger partial charge in [0.2, 0.25) is 17.6 Å². The average Bonchev–Trinajstić information content (AvgIpc) is 3.49. The van der Waals surface area contributed by atoms with Gasteiger partial charge in [0.15, 0.2) is 0 Å². The van der Waals surface area contributed by atoms with Crippen molar-refractivity contribution in [2.75, 3.05) is 0 Å². The fourth-order valence-corrected chi connectivity index (χ4v) is 4.91. The van der Waals surface area contributed by atoms with Gasteiger partial charge in [0, 0.05) is 24.5 Å². The molecule has 2 bridgehead atoms. The lowest BCUT2D eigenvalue weighted by atomic mass is 9.78. The van der Waals surface area contributed by atoms with E-state index in [0.717, 1.165) is 30.4 Å². The highest BCUT2D eigenvalue weighted by atomic mass is 16.5. The number of hydrogen-bond donors (Lipinski definition) is 1. The molecule has 0 saturated heterocycles. The van der Waals surface area contributed by atoms with Crippen LogP contribution in [0.3, 0.4) is 0 Å². The topological polar surface area (TPSA) is 80.9 Å². The van der Waals surface area contributed by atoms with Crippen LogP contribution in [0.15, 0.2) is 59.4 Å². The normalized spacial score (nSPS) is 25.7. The summed E-state index contributed by atoms with van der Waals surface area (Å²) in [5.74, 6) is 2.04. The molecule has 1 aromatic carbocycles. The summed E-state index contributed by atoms with van der Waals surface area (Å²) in [4.78, 5) is 21.8. The summed E-state index contributed by atoms with van der Waals surface area (Å²) in [6, 6.07) is 13.7. The Labute approximate surface area is 163 Å². The maximum absolute atomic E-state index is 13.0. The number of amides is 1. The van der Waals surface area contributed by atoms with E-state index in [1.807, 2.05) is 42.5 Å². The number of nitrogens with zero attached hydrogens (tertiary/aromatic N) is 3. The maximum atomic E-state index is 13.0. The Morgan fingerprint density at radius 1 is 1.11 bits per heavy atom. The van der Waals surface area contributed by atoms with Gasteiger partial charge < -0.3 is 9.84 Å². The summed E-state index contributed by atoms with van der Waals surface area (Å²) >= 11 is 0. The molecule has 1 N–H and O–H groups in total. The Bertz CT molecular complexity index is 957. The van der Waals surface area contributed by atoms with Gasteiger partial charge in [-0.1, -0.05) is 41.6 Å². The second kappa shape index (κ2) is 7.19. The van der Waals surface area contributed by atoms with Crippen LogP contribution in [0.2, 0.25) is 0 Å². The van der Waals surface area contributed by atoms with Crippen LogP contribution < -0.4 is 5.32 Å². The van der Waals surface area contributed by atoms with Crippen molar-refractivity contribution in [1.29, 1.82) is 0 Å². The molecule has 2 aliphatic carbocycles. The molecule has 1 amide bonds. The lowest BCUT2D eigenvalue weighted by molar-refractivity contribution is -0.127. The van der Waals surface area contributed by atoms with Crippen molar-refractivity contribution >= 4 is 5.91 Å². The zero-order valence-electron chi connectivity index (χ0n) is 15.5. The highest BCUT2D eigenvalue weighted by molar-refractivity contribution is 5.80. The fourth-order valence-electron chi connectivity index (χ4n) is 4.91. The number of hydrogen-bond acceptors (Lipinski definition) is 5. The smallest absolute Gasteiger partial charge is 0.231 e. The van der Waals surface area contributed by atoms with E-state index < -0.39 is 0 Å². The monoisotopic (exact) mass is 374 g/mol. The van der Waals surface area contributed by atoms with E-state index in [0.29, 0.717) is 30.1 Å². The molecule has 4 atom stereocenters. The van der Waals surface area contributed by atoms with Crippen LogP contribution in [0.5, 0.6) is 0 Å². The third-order valence-corrected chi connectivity index (χ3v) is 6.17. The fraction of sp³-hybridized carbons (Fsp3) is 0.364. The molecule has 2 saturated carbocycles. The summed E-state index contributed by atoms with van der Waals surface area (Å²) in [6.45, 7) is 0.492. The summed E-state index contributed by atoms with van der Waals surface area (Å²) in [7, 11) is 0. The minimum atomic E-state index is -0.0977. The molecule has 5 rings (SSSR count). The summed E-state index contributed by atoms with van der Waals surface area (Å²) in [6.07, 6.45) is 6.81. The zero-order valence-corrected chi connectivity index (χ0v) is 15.5. The number of aromatic nitrogens is 3. The lowest BCUT2D eigenvalue weighted by Crippen LogP contribution is -2.37. The molecule has 142 valence electrons. The van der Waals surface area contributed by atoms with Gasteiger partial charge in [-0.25, -0.2) is 0 Å². The summed E-state index contributed by atoms with van der Waals surface area (Å²) in [5, 5.41) is 7.27. The van der Waals surface area contributed by atoms with Gasteiger partial charge in [-0.15, -0.1) is 0 Å². The Hall–Kier alpha value is -3.02. The largest absolute Gasteiger partial charge is 0.352 e. The molecule has 0 radical (unpaired) electrons. The second-order valence-corrected chi connectivity index (χ2v) is 7.79. The standard InChI is InChI=1S/C22H22N4O2/c27-21(24-13-14-5-4-10-23-12-14)18-16-8-9-17(11-16)19(18)22-25-20(26-28-22)15-6-2-1-3-7-15/h1-7,10,12,16-19H,8-9,11,13H2,(H,24,27)/t16-,17+,18-,19-/m0/s1. The highest BCUT2D eigenvalue weighted by Gasteiger charge is 2.53. The SMILES string of the molecule is O=C(NCc1cccnc1)[C@H]1[C@H]2CC[C@H](C2)[C@@H]1c1nc(-c2ccccc2)no1. The molecule has 2 aliphatic rings. The average molecular weight is 374 g/mol. The highest BCUT2D eigenvalue weighted by Crippen LogP contribution is 2.56. The van der Waals surface area contributed by atoms with Gasteiger partial charge in [0.1, 0.15) is 0 Å². The number of nitrogens with one attached hydrogen (secondary N) is 1. The third kappa shape index (κ3) is 3.09. The van der Waals surface area contributed by atoms with E-state index in [-0.39, 0.29) is 17.7 Å². The third-order valence-electron chi connectivity index (χ3n) is 6.17. The van der Waals surface area contributed by atoms with Crippen LogP contribution in [0.25, 0.3) is 11.4 Å². The second-order valence-electron chi connectivity index (χ2n) is 7.79. The first-order valence-electron chi connectivity index (χ1n) is 9.85. The van der Waals surface area contributed by atoms with E-state index in [9.17, 15) is 4.79 Å². The van der Waals surface area contributed by atoms with Gasteiger partial charge in [0.05, 0.1) is 11.8 Å². The van der Waals surface area contributed by atoms with Gasteiger partial charge in [0.25, 0.3) is 0 Å². The molecular weight excluding hydrogens is 352 g/mol. The van der Waals surface area contributed by atoms with Crippen molar-refractivity contribution in [3.05, 3.63) is 66.3 Å². The van der Waals surface area contributed by atoms with Crippen LogP contribution >= 0.6 is 0 Å². The van der Waals surface area contributed by atoms with Crippen LogP contribution in [0.4, 0.5) is 0 Å². The molecule has 3 aromatic rings. The van der Waals surface area contributed by atoms with Crippen LogP contribution in [-0.2, 0) is 11.3 Å². The first-order valence-corrected chi connectivity index (χ1v) is 9.85. The van der Waals surface area contributed by atoms with Crippen molar-refractivity contribution in [1.82, 2.24) is 20.4 Å². The Morgan fingerprint density at radius 2 is 1.96 bits per heavy atom. The molecular formula is C22H22N4O2. The van der Waals surface area contributed by atoms with E-state index in [4.69, 9.17) is 4.52 Å². The van der Waals surface area contributed by atoms with E-state index >= 15 is 0 Å². The lowest BCUT2D eigenvalue weighted by Gasteiger charge is -2.27. The van der Waals surface area contributed by atoms with Gasteiger partial charge in [-0.05, 0) is 42.7 Å². The number of carbonyl (C=O) groups excluding carboxylic acids is 1. The van der Waals surface area contributed by atoms with Crippen molar-refractivity contribution in [2.45, 2.75) is 31.7 Å². The van der Waals surface area contributed by atoms with Crippen molar-refractivity contribution in [2.24, 2.45) is 17.8 Å². The molecule has 2 aromatic heterocycles. The number of pyridine rings is 1. The molecule has 6 heteroatoms. The quantitative estimate of drug-likeness (QED) is 0.738. The van der Waals surface area contributed by atoms with E-state index in [1.54, 1.807) is 12.4 Å². The van der Waals surface area contributed by atoms with Gasteiger partial charge in [-0.2, -0.15) is 4.98 Å². The van der Waals surface area contributed by atoms with Crippen LogP contribution in [-0.4, -0.2) is 21.0 Å². The first kappa shape index (κ1) is 17.1. The Balaban J connectivity index is 1.36. The molecule has 2 fully saturated rings. The van der Waals surface area contributed by atoms with E-state index in [2.05, 4.69) is 20.4 Å². The van der Waals surface area contributed by atoms with Crippen LogP contribution in [0.1, 0.15) is 36.6 Å². The molecule has 28 heavy (non-hydrogen) atoms. The first-order chi connectivity index (χ1) is 13.8.